The number of carbonyl (C=O) groups excluding carboxylic acids is 2. The highest BCUT2D eigenvalue weighted by Crippen LogP contribution is 2.13. The predicted molar refractivity (Wildman–Crippen MR) is 84.4 cm³/mol. The highest BCUT2D eigenvalue weighted by Gasteiger charge is 2.23. The molecular formula is C16H23N3O3. The Morgan fingerprint density at radius 1 is 1.09 bits per heavy atom. The van der Waals surface area contributed by atoms with Gasteiger partial charge in [-0.1, -0.05) is 0 Å². The molecule has 1 fully saturated rings. The third-order valence-corrected chi connectivity index (χ3v) is 3.80. The molecule has 1 saturated heterocycles. The fourth-order valence-electron chi connectivity index (χ4n) is 2.45. The van der Waals surface area contributed by atoms with Gasteiger partial charge in [-0.25, -0.2) is 4.79 Å². The van der Waals surface area contributed by atoms with Gasteiger partial charge in [0, 0.05) is 45.8 Å². The molecule has 1 aromatic carbocycles. The molecule has 0 saturated carbocycles. The van der Waals surface area contributed by atoms with E-state index in [1.54, 1.807) is 50.4 Å². The smallest absolute Gasteiger partial charge is 0.319 e. The molecule has 0 unspecified atom stereocenters. The average Bonchev–Trinajstić information content (AvgIpc) is 2.54. The molecule has 0 radical (unpaired) electrons. The van der Waals surface area contributed by atoms with Gasteiger partial charge in [0.05, 0.1) is 13.7 Å². The number of urea groups is 1. The largest absolute Gasteiger partial charge is 0.497 e. The van der Waals surface area contributed by atoms with Crippen molar-refractivity contribution >= 4 is 11.8 Å². The molecule has 1 heterocycles. The fourth-order valence-corrected chi connectivity index (χ4v) is 2.45. The van der Waals surface area contributed by atoms with Crippen molar-refractivity contribution < 1.29 is 14.3 Å². The molecule has 1 aliphatic rings. The maximum atomic E-state index is 12.3. The number of ketones is 1. The standard InChI is InChI=1S/C16H23N3O3/c1-17(2)16(21)19-10-8-18(9-11-19)12-15(20)13-4-6-14(22-3)7-5-13/h4-7H,8-12H2,1-3H3. The number of carbonyl (C=O) groups is 2. The molecule has 1 aliphatic heterocycles. The van der Waals surface area contributed by atoms with Crippen LogP contribution in [-0.2, 0) is 0 Å². The number of Topliss-reactive ketones (excluding diaryl/α,β-unsaturated/α-hetero) is 1. The summed E-state index contributed by atoms with van der Waals surface area (Å²) in [5.41, 5.74) is 0.688. The minimum Gasteiger partial charge on any atom is -0.497 e. The number of benzene rings is 1. The number of hydrogen-bond acceptors (Lipinski definition) is 4. The maximum Gasteiger partial charge on any atom is 0.319 e. The van der Waals surface area contributed by atoms with Gasteiger partial charge in [0.15, 0.2) is 5.78 Å². The van der Waals surface area contributed by atoms with Crippen molar-refractivity contribution in [3.05, 3.63) is 29.8 Å². The van der Waals surface area contributed by atoms with Crippen molar-refractivity contribution in [3.63, 3.8) is 0 Å². The lowest BCUT2D eigenvalue weighted by Crippen LogP contribution is -2.52. The minimum atomic E-state index is 0.0288. The van der Waals surface area contributed by atoms with Gasteiger partial charge in [-0.3, -0.25) is 9.69 Å². The highest BCUT2D eigenvalue weighted by molar-refractivity contribution is 5.97. The zero-order chi connectivity index (χ0) is 16.1. The molecule has 1 aromatic rings. The van der Waals surface area contributed by atoms with Crippen LogP contribution in [0.25, 0.3) is 0 Å². The zero-order valence-corrected chi connectivity index (χ0v) is 13.4. The van der Waals surface area contributed by atoms with Crippen LogP contribution in [-0.4, -0.2) is 80.4 Å². The van der Waals surface area contributed by atoms with Gasteiger partial charge in [0.1, 0.15) is 5.75 Å². The summed E-state index contributed by atoms with van der Waals surface area (Å²) in [6, 6.07) is 7.18. The third kappa shape index (κ3) is 3.98. The molecule has 0 spiro atoms. The van der Waals surface area contributed by atoms with Gasteiger partial charge in [0.25, 0.3) is 0 Å². The number of rotatable bonds is 4. The predicted octanol–water partition coefficient (Wildman–Crippen LogP) is 1.18. The number of methoxy groups -OCH3 is 1. The van der Waals surface area contributed by atoms with Gasteiger partial charge in [-0.2, -0.15) is 0 Å². The highest BCUT2D eigenvalue weighted by atomic mass is 16.5. The van der Waals surface area contributed by atoms with Crippen molar-refractivity contribution in [2.45, 2.75) is 0 Å². The Bertz CT molecular complexity index is 520. The minimum absolute atomic E-state index is 0.0288. The van der Waals surface area contributed by atoms with E-state index in [0.29, 0.717) is 25.2 Å². The molecule has 120 valence electrons. The zero-order valence-electron chi connectivity index (χ0n) is 13.4. The second kappa shape index (κ2) is 7.26. The van der Waals surface area contributed by atoms with Gasteiger partial charge in [-0.05, 0) is 24.3 Å². The Balaban J connectivity index is 1.84. The Labute approximate surface area is 131 Å². The van der Waals surface area contributed by atoms with Crippen molar-refractivity contribution in [1.29, 1.82) is 0 Å². The van der Waals surface area contributed by atoms with Gasteiger partial charge in [0.2, 0.25) is 0 Å². The number of piperazine rings is 1. The second-order valence-electron chi connectivity index (χ2n) is 5.59. The quantitative estimate of drug-likeness (QED) is 0.784. The lowest BCUT2D eigenvalue weighted by Gasteiger charge is -2.35. The first-order valence-electron chi connectivity index (χ1n) is 7.37. The summed E-state index contributed by atoms with van der Waals surface area (Å²) in [4.78, 5) is 29.6. The summed E-state index contributed by atoms with van der Waals surface area (Å²) in [7, 11) is 5.11. The second-order valence-corrected chi connectivity index (χ2v) is 5.59. The van der Waals surface area contributed by atoms with Crippen LogP contribution in [0, 0.1) is 0 Å². The van der Waals surface area contributed by atoms with Crippen LogP contribution in [0.1, 0.15) is 10.4 Å². The number of ether oxygens (including phenoxy) is 1. The Morgan fingerprint density at radius 2 is 1.68 bits per heavy atom. The van der Waals surface area contributed by atoms with Crippen LogP contribution in [0.2, 0.25) is 0 Å². The van der Waals surface area contributed by atoms with Crippen LogP contribution < -0.4 is 4.74 Å². The normalized spacial score (nSPS) is 15.5. The van der Waals surface area contributed by atoms with Crippen LogP contribution in [0.15, 0.2) is 24.3 Å². The Morgan fingerprint density at radius 3 is 2.18 bits per heavy atom. The van der Waals surface area contributed by atoms with Crippen molar-refractivity contribution in [2.75, 3.05) is 53.9 Å². The number of amides is 2. The van der Waals surface area contributed by atoms with E-state index in [-0.39, 0.29) is 11.8 Å². The van der Waals surface area contributed by atoms with Gasteiger partial charge >= 0.3 is 6.03 Å². The molecule has 22 heavy (non-hydrogen) atoms. The Hall–Kier alpha value is -2.08. The van der Waals surface area contributed by atoms with E-state index in [2.05, 4.69) is 4.90 Å². The van der Waals surface area contributed by atoms with Crippen LogP contribution in [0.5, 0.6) is 5.75 Å². The van der Waals surface area contributed by atoms with Crippen LogP contribution in [0.3, 0.4) is 0 Å². The van der Waals surface area contributed by atoms with E-state index in [0.717, 1.165) is 18.8 Å². The van der Waals surface area contributed by atoms with E-state index < -0.39 is 0 Å². The molecule has 2 amide bonds. The van der Waals surface area contributed by atoms with E-state index in [9.17, 15) is 9.59 Å². The van der Waals surface area contributed by atoms with Crippen molar-refractivity contribution in [3.8, 4) is 5.75 Å². The monoisotopic (exact) mass is 305 g/mol. The average molecular weight is 305 g/mol. The lowest BCUT2D eigenvalue weighted by atomic mass is 10.1. The number of nitrogens with zero attached hydrogens (tertiary/aromatic N) is 3. The molecule has 2 rings (SSSR count). The first-order chi connectivity index (χ1) is 10.5. The maximum absolute atomic E-state index is 12.3. The first-order valence-corrected chi connectivity index (χ1v) is 7.37. The fraction of sp³-hybridized carbons (Fsp3) is 0.500. The summed E-state index contributed by atoms with van der Waals surface area (Å²) >= 11 is 0. The molecule has 6 nitrogen and oxygen atoms in total. The number of hydrogen-bond donors (Lipinski definition) is 0. The van der Waals surface area contributed by atoms with Crippen LogP contribution in [0.4, 0.5) is 4.79 Å². The van der Waals surface area contributed by atoms with Gasteiger partial charge < -0.3 is 14.5 Å². The van der Waals surface area contributed by atoms with Crippen molar-refractivity contribution in [2.24, 2.45) is 0 Å². The summed E-state index contributed by atoms with van der Waals surface area (Å²) in [5, 5.41) is 0. The summed E-state index contributed by atoms with van der Waals surface area (Å²) in [6.45, 7) is 3.15. The first kappa shape index (κ1) is 16.3. The molecule has 0 aliphatic carbocycles. The molecule has 0 atom stereocenters. The molecular weight excluding hydrogens is 282 g/mol. The van der Waals surface area contributed by atoms with Crippen molar-refractivity contribution in [1.82, 2.24) is 14.7 Å². The van der Waals surface area contributed by atoms with E-state index in [1.807, 2.05) is 4.90 Å². The van der Waals surface area contributed by atoms with E-state index in [1.165, 1.54) is 0 Å². The molecule has 6 heteroatoms. The third-order valence-electron chi connectivity index (χ3n) is 3.80. The van der Waals surface area contributed by atoms with Crippen LogP contribution >= 0.6 is 0 Å². The summed E-state index contributed by atoms with van der Waals surface area (Å²) < 4.78 is 5.09. The summed E-state index contributed by atoms with van der Waals surface area (Å²) in [5.74, 6) is 0.836. The topological polar surface area (TPSA) is 53.1 Å². The molecule has 0 bridgehead atoms. The van der Waals surface area contributed by atoms with E-state index in [4.69, 9.17) is 4.74 Å². The molecule has 0 aromatic heterocycles. The Kier molecular flexibility index (Phi) is 5.38. The lowest BCUT2D eigenvalue weighted by molar-refractivity contribution is 0.0863. The SMILES string of the molecule is COc1ccc(C(=O)CN2CCN(C(=O)N(C)C)CC2)cc1. The summed E-state index contributed by atoms with van der Waals surface area (Å²) in [6.07, 6.45) is 0. The van der Waals surface area contributed by atoms with E-state index >= 15 is 0 Å². The molecule has 0 N–H and O–H groups in total. The van der Waals surface area contributed by atoms with Gasteiger partial charge in [-0.15, -0.1) is 0 Å².